The lowest BCUT2D eigenvalue weighted by molar-refractivity contribution is 0.128. The summed E-state index contributed by atoms with van der Waals surface area (Å²) >= 11 is 5.57. The number of nitrogens with zero attached hydrogens (tertiary/aromatic N) is 1. The van der Waals surface area contributed by atoms with Crippen molar-refractivity contribution in [2.24, 2.45) is 0 Å². The van der Waals surface area contributed by atoms with Crippen LogP contribution in [-0.4, -0.2) is 28.5 Å². The topological polar surface area (TPSA) is 23.5 Å². The van der Waals surface area contributed by atoms with Crippen molar-refractivity contribution >= 4 is 11.6 Å². The molecular weight excluding hydrogens is 198 g/mol. The van der Waals surface area contributed by atoms with Gasteiger partial charge in [0.2, 0.25) is 0 Å². The normalized spacial score (nSPS) is 18.1. The van der Waals surface area contributed by atoms with Gasteiger partial charge in [-0.1, -0.05) is 24.3 Å². The molecular formula is C11H14ClNO. The van der Waals surface area contributed by atoms with E-state index in [0.29, 0.717) is 12.4 Å². The second kappa shape index (κ2) is 4.30. The SMILES string of the molecule is OC(CCl)CN1Cc2ccccc2C1. The first kappa shape index (κ1) is 9.97. The molecule has 1 aliphatic heterocycles. The lowest BCUT2D eigenvalue weighted by atomic mass is 10.1. The molecule has 0 fully saturated rings. The van der Waals surface area contributed by atoms with Crippen molar-refractivity contribution < 1.29 is 5.11 Å². The summed E-state index contributed by atoms with van der Waals surface area (Å²) in [7, 11) is 0. The first-order valence-electron chi connectivity index (χ1n) is 4.83. The van der Waals surface area contributed by atoms with Gasteiger partial charge in [0.15, 0.2) is 0 Å². The largest absolute Gasteiger partial charge is 0.391 e. The Balaban J connectivity index is 1.98. The highest BCUT2D eigenvalue weighted by atomic mass is 35.5. The summed E-state index contributed by atoms with van der Waals surface area (Å²) in [4.78, 5) is 2.22. The van der Waals surface area contributed by atoms with Gasteiger partial charge in [0.25, 0.3) is 0 Å². The number of aliphatic hydroxyl groups excluding tert-OH is 1. The van der Waals surface area contributed by atoms with Gasteiger partial charge in [-0.05, 0) is 11.1 Å². The molecule has 1 aromatic carbocycles. The molecule has 2 rings (SSSR count). The number of fused-ring (bicyclic) bond motifs is 1. The standard InChI is InChI=1S/C11H14ClNO/c12-5-11(14)8-13-6-9-3-1-2-4-10(9)7-13/h1-4,11,14H,5-8H2. The minimum Gasteiger partial charge on any atom is -0.391 e. The molecule has 0 spiro atoms. The summed E-state index contributed by atoms with van der Waals surface area (Å²) in [5.74, 6) is 0.312. The molecule has 0 aliphatic carbocycles. The smallest absolute Gasteiger partial charge is 0.0802 e. The van der Waals surface area contributed by atoms with E-state index in [1.165, 1.54) is 11.1 Å². The Labute approximate surface area is 89.1 Å². The van der Waals surface area contributed by atoms with Crippen LogP contribution < -0.4 is 0 Å². The lowest BCUT2D eigenvalue weighted by Gasteiger charge is -2.17. The van der Waals surface area contributed by atoms with Gasteiger partial charge in [-0.2, -0.15) is 0 Å². The van der Waals surface area contributed by atoms with Crippen molar-refractivity contribution in [3.8, 4) is 0 Å². The molecule has 3 heteroatoms. The quantitative estimate of drug-likeness (QED) is 0.768. The van der Waals surface area contributed by atoms with E-state index in [9.17, 15) is 5.11 Å². The Hall–Kier alpha value is -0.570. The predicted octanol–water partition coefficient (Wildman–Crippen LogP) is 1.60. The summed E-state index contributed by atoms with van der Waals surface area (Å²) in [6.45, 7) is 2.53. The molecule has 0 amide bonds. The molecule has 1 heterocycles. The van der Waals surface area contributed by atoms with Gasteiger partial charge in [0.05, 0.1) is 6.10 Å². The highest BCUT2D eigenvalue weighted by Crippen LogP contribution is 2.21. The van der Waals surface area contributed by atoms with Gasteiger partial charge in [0.1, 0.15) is 0 Å². The van der Waals surface area contributed by atoms with Crippen LogP contribution in [0.15, 0.2) is 24.3 Å². The molecule has 1 aromatic rings. The van der Waals surface area contributed by atoms with Gasteiger partial charge in [0, 0.05) is 25.5 Å². The molecule has 14 heavy (non-hydrogen) atoms. The first-order valence-corrected chi connectivity index (χ1v) is 5.36. The highest BCUT2D eigenvalue weighted by molar-refractivity contribution is 6.18. The molecule has 0 saturated carbocycles. The zero-order valence-electron chi connectivity index (χ0n) is 7.99. The van der Waals surface area contributed by atoms with Gasteiger partial charge >= 0.3 is 0 Å². The molecule has 0 aromatic heterocycles. The van der Waals surface area contributed by atoms with E-state index >= 15 is 0 Å². The first-order chi connectivity index (χ1) is 6.79. The summed E-state index contributed by atoms with van der Waals surface area (Å²) in [6, 6.07) is 8.39. The number of hydrogen-bond acceptors (Lipinski definition) is 2. The monoisotopic (exact) mass is 211 g/mol. The minimum absolute atomic E-state index is 0.312. The fourth-order valence-electron chi connectivity index (χ4n) is 1.88. The molecule has 1 unspecified atom stereocenters. The van der Waals surface area contributed by atoms with E-state index in [-0.39, 0.29) is 0 Å². The van der Waals surface area contributed by atoms with Gasteiger partial charge < -0.3 is 5.11 Å². The van der Waals surface area contributed by atoms with E-state index in [4.69, 9.17) is 11.6 Å². The summed E-state index contributed by atoms with van der Waals surface area (Å²) in [5, 5.41) is 9.42. The van der Waals surface area contributed by atoms with Crippen LogP contribution in [-0.2, 0) is 13.1 Å². The molecule has 1 aliphatic rings. The zero-order chi connectivity index (χ0) is 9.97. The van der Waals surface area contributed by atoms with Crippen molar-refractivity contribution in [3.05, 3.63) is 35.4 Å². The number of rotatable bonds is 3. The fraction of sp³-hybridized carbons (Fsp3) is 0.455. The fourth-order valence-corrected chi connectivity index (χ4v) is 1.98. The van der Waals surface area contributed by atoms with E-state index in [2.05, 4.69) is 29.2 Å². The molecule has 0 bridgehead atoms. The molecule has 76 valence electrons. The van der Waals surface area contributed by atoms with Crippen molar-refractivity contribution in [3.63, 3.8) is 0 Å². The van der Waals surface area contributed by atoms with Crippen molar-refractivity contribution in [1.82, 2.24) is 4.90 Å². The van der Waals surface area contributed by atoms with Crippen LogP contribution in [0.5, 0.6) is 0 Å². The predicted molar refractivity (Wildman–Crippen MR) is 57.3 cm³/mol. The van der Waals surface area contributed by atoms with Crippen LogP contribution >= 0.6 is 11.6 Å². The summed E-state index contributed by atoms with van der Waals surface area (Å²) in [6.07, 6.45) is -0.411. The summed E-state index contributed by atoms with van der Waals surface area (Å²) in [5.41, 5.74) is 2.74. The second-order valence-corrected chi connectivity index (χ2v) is 4.06. The Morgan fingerprint density at radius 3 is 2.36 bits per heavy atom. The van der Waals surface area contributed by atoms with Gasteiger partial charge in [-0.3, -0.25) is 4.90 Å². The van der Waals surface area contributed by atoms with E-state index < -0.39 is 6.10 Å². The number of hydrogen-bond donors (Lipinski definition) is 1. The maximum atomic E-state index is 9.42. The lowest BCUT2D eigenvalue weighted by Crippen LogP contribution is -2.29. The molecule has 1 atom stereocenters. The number of aliphatic hydroxyl groups is 1. The van der Waals surface area contributed by atoms with E-state index in [1.54, 1.807) is 0 Å². The number of halogens is 1. The average molecular weight is 212 g/mol. The average Bonchev–Trinajstić information content (AvgIpc) is 2.59. The molecule has 2 nitrogen and oxygen atoms in total. The third-order valence-corrected chi connectivity index (χ3v) is 2.91. The van der Waals surface area contributed by atoms with E-state index in [1.807, 2.05) is 0 Å². The van der Waals surface area contributed by atoms with Crippen molar-refractivity contribution in [2.75, 3.05) is 12.4 Å². The molecule has 0 saturated heterocycles. The Bertz CT molecular complexity index is 291. The number of benzene rings is 1. The highest BCUT2D eigenvalue weighted by Gasteiger charge is 2.19. The second-order valence-electron chi connectivity index (χ2n) is 3.75. The third kappa shape index (κ3) is 2.08. The van der Waals surface area contributed by atoms with Gasteiger partial charge in [-0.25, -0.2) is 0 Å². The molecule has 0 radical (unpaired) electrons. The summed E-state index contributed by atoms with van der Waals surface area (Å²) < 4.78 is 0. The number of alkyl halides is 1. The van der Waals surface area contributed by atoms with Crippen LogP contribution in [0, 0.1) is 0 Å². The van der Waals surface area contributed by atoms with Gasteiger partial charge in [-0.15, -0.1) is 11.6 Å². The van der Waals surface area contributed by atoms with Crippen LogP contribution in [0.3, 0.4) is 0 Å². The molecule has 1 N–H and O–H groups in total. The maximum absolute atomic E-state index is 9.42. The Morgan fingerprint density at radius 2 is 1.86 bits per heavy atom. The van der Waals surface area contributed by atoms with Crippen LogP contribution in [0.4, 0.5) is 0 Å². The minimum atomic E-state index is -0.411. The van der Waals surface area contributed by atoms with E-state index in [0.717, 1.165) is 13.1 Å². The van der Waals surface area contributed by atoms with Crippen LogP contribution in [0.25, 0.3) is 0 Å². The van der Waals surface area contributed by atoms with Crippen LogP contribution in [0.2, 0.25) is 0 Å². The van der Waals surface area contributed by atoms with Crippen LogP contribution in [0.1, 0.15) is 11.1 Å². The number of β-amino-alcohol motifs (C(OH)–C–C–N with tert-alkyl or cyclic N) is 1. The zero-order valence-corrected chi connectivity index (χ0v) is 8.74. The van der Waals surface area contributed by atoms with Crippen molar-refractivity contribution in [1.29, 1.82) is 0 Å². The Morgan fingerprint density at radius 1 is 1.29 bits per heavy atom. The van der Waals surface area contributed by atoms with Crippen molar-refractivity contribution in [2.45, 2.75) is 19.2 Å². The maximum Gasteiger partial charge on any atom is 0.0802 e. The third-order valence-electron chi connectivity index (χ3n) is 2.55. The Kier molecular flexibility index (Phi) is 3.06.